The van der Waals surface area contributed by atoms with Crippen LogP contribution in [0.15, 0.2) is 24.3 Å². The first-order chi connectivity index (χ1) is 6.15. The number of benzene rings is 1. The molecule has 0 fully saturated rings. The molecule has 72 valence electrons. The summed E-state index contributed by atoms with van der Waals surface area (Å²) in [7, 11) is -2.59. The fraction of sp³-hybridized carbons (Fsp3) is 0.333. The molecule has 1 aromatic carbocycles. The first-order valence-corrected chi connectivity index (χ1v) is 5.52. The molecule has 1 rings (SSSR count). The highest BCUT2D eigenvalue weighted by atomic mass is 31.1. The average molecular weight is 200 g/mol. The number of aliphatic hydroxyl groups is 1. The Labute approximate surface area is 77.9 Å². The molecular weight excluding hydrogens is 187 g/mol. The van der Waals surface area contributed by atoms with E-state index in [-0.39, 0.29) is 0 Å². The standard InChI is InChI=1S/C9H13O3P/c1-2-9(10)7-3-5-8(6-4-7)13(11)12/h3-6,9-10,13H,2H2,1H3,(H,11,12). The van der Waals surface area contributed by atoms with Crippen LogP contribution in [0.2, 0.25) is 0 Å². The molecule has 0 saturated heterocycles. The van der Waals surface area contributed by atoms with E-state index in [2.05, 4.69) is 0 Å². The third kappa shape index (κ3) is 2.66. The van der Waals surface area contributed by atoms with Crippen molar-refractivity contribution in [3.05, 3.63) is 29.8 Å². The summed E-state index contributed by atoms with van der Waals surface area (Å²) in [5.74, 6) is 0. The van der Waals surface area contributed by atoms with Crippen molar-refractivity contribution < 1.29 is 14.6 Å². The Morgan fingerprint density at radius 3 is 2.31 bits per heavy atom. The number of hydrogen-bond acceptors (Lipinski definition) is 2. The second-order valence-corrected chi connectivity index (χ2v) is 4.04. The predicted octanol–water partition coefficient (Wildman–Crippen LogP) is 1.22. The lowest BCUT2D eigenvalue weighted by molar-refractivity contribution is 0.173. The van der Waals surface area contributed by atoms with Gasteiger partial charge in [-0.15, -0.1) is 0 Å². The fourth-order valence-electron chi connectivity index (χ4n) is 1.08. The summed E-state index contributed by atoms with van der Waals surface area (Å²) in [6, 6.07) is 6.52. The van der Waals surface area contributed by atoms with Gasteiger partial charge in [0.1, 0.15) is 0 Å². The van der Waals surface area contributed by atoms with Gasteiger partial charge in [0.2, 0.25) is 8.03 Å². The maximum atomic E-state index is 10.7. The second kappa shape index (κ2) is 4.56. The van der Waals surface area contributed by atoms with E-state index in [9.17, 15) is 9.67 Å². The van der Waals surface area contributed by atoms with Gasteiger partial charge in [0, 0.05) is 5.30 Å². The zero-order chi connectivity index (χ0) is 9.84. The second-order valence-electron chi connectivity index (χ2n) is 2.85. The Hall–Kier alpha value is -0.630. The quantitative estimate of drug-likeness (QED) is 0.721. The summed E-state index contributed by atoms with van der Waals surface area (Å²) < 4.78 is 10.7. The Bertz CT molecular complexity index is 294. The molecule has 0 radical (unpaired) electrons. The minimum absolute atomic E-state index is 0.428. The average Bonchev–Trinajstić information content (AvgIpc) is 2.17. The van der Waals surface area contributed by atoms with Gasteiger partial charge in [-0.2, -0.15) is 0 Å². The van der Waals surface area contributed by atoms with E-state index in [1.165, 1.54) is 0 Å². The van der Waals surface area contributed by atoms with E-state index in [4.69, 9.17) is 4.89 Å². The topological polar surface area (TPSA) is 57.5 Å². The lowest BCUT2D eigenvalue weighted by Gasteiger charge is -2.07. The lowest BCUT2D eigenvalue weighted by atomic mass is 10.1. The van der Waals surface area contributed by atoms with E-state index in [1.54, 1.807) is 24.3 Å². The molecule has 3 nitrogen and oxygen atoms in total. The van der Waals surface area contributed by atoms with Crippen LogP contribution in [0, 0.1) is 0 Å². The monoisotopic (exact) mass is 200 g/mol. The normalized spacial score (nSPS) is 15.3. The molecular formula is C9H13O3P. The third-order valence-corrected chi connectivity index (χ3v) is 2.76. The summed E-state index contributed by atoms with van der Waals surface area (Å²) in [6.45, 7) is 1.88. The first kappa shape index (κ1) is 10.5. The van der Waals surface area contributed by atoms with Crippen LogP contribution in [0.5, 0.6) is 0 Å². The minimum atomic E-state index is -2.59. The van der Waals surface area contributed by atoms with Gasteiger partial charge >= 0.3 is 0 Å². The molecule has 0 bridgehead atoms. The van der Waals surface area contributed by atoms with Crippen molar-refractivity contribution in [1.29, 1.82) is 0 Å². The highest BCUT2D eigenvalue weighted by Gasteiger charge is 2.05. The van der Waals surface area contributed by atoms with E-state index in [0.717, 1.165) is 5.56 Å². The molecule has 13 heavy (non-hydrogen) atoms. The smallest absolute Gasteiger partial charge is 0.218 e. The molecule has 4 heteroatoms. The molecule has 0 aliphatic carbocycles. The minimum Gasteiger partial charge on any atom is -0.388 e. The van der Waals surface area contributed by atoms with Gasteiger partial charge < -0.3 is 10.00 Å². The van der Waals surface area contributed by atoms with Gasteiger partial charge in [0.25, 0.3) is 0 Å². The molecule has 0 aromatic heterocycles. The van der Waals surface area contributed by atoms with Crippen molar-refractivity contribution in [2.24, 2.45) is 0 Å². The Kier molecular flexibility index (Phi) is 3.67. The molecule has 0 spiro atoms. The first-order valence-electron chi connectivity index (χ1n) is 4.16. The Balaban J connectivity index is 2.87. The number of rotatable bonds is 3. The zero-order valence-electron chi connectivity index (χ0n) is 7.40. The van der Waals surface area contributed by atoms with Gasteiger partial charge in [-0.1, -0.05) is 19.1 Å². The van der Waals surface area contributed by atoms with Gasteiger partial charge in [0.05, 0.1) is 6.10 Å². The molecule has 0 amide bonds. The molecule has 2 atom stereocenters. The number of aliphatic hydroxyl groups excluding tert-OH is 1. The fourth-order valence-corrected chi connectivity index (χ4v) is 1.54. The summed E-state index contributed by atoms with van der Waals surface area (Å²) in [5, 5.41) is 9.85. The van der Waals surface area contributed by atoms with Crippen LogP contribution in [-0.4, -0.2) is 10.00 Å². The van der Waals surface area contributed by atoms with Crippen LogP contribution in [0.1, 0.15) is 25.0 Å². The predicted molar refractivity (Wildman–Crippen MR) is 52.5 cm³/mol. The van der Waals surface area contributed by atoms with Crippen LogP contribution in [0.3, 0.4) is 0 Å². The highest BCUT2D eigenvalue weighted by Crippen LogP contribution is 2.18. The van der Waals surface area contributed by atoms with Crippen LogP contribution in [0.25, 0.3) is 0 Å². The Morgan fingerprint density at radius 2 is 1.92 bits per heavy atom. The van der Waals surface area contributed by atoms with Crippen molar-refractivity contribution in [2.45, 2.75) is 19.4 Å². The van der Waals surface area contributed by atoms with Crippen molar-refractivity contribution in [3.8, 4) is 0 Å². The van der Waals surface area contributed by atoms with E-state index >= 15 is 0 Å². The zero-order valence-corrected chi connectivity index (χ0v) is 8.40. The van der Waals surface area contributed by atoms with Crippen molar-refractivity contribution in [1.82, 2.24) is 0 Å². The summed E-state index contributed by atoms with van der Waals surface area (Å²) in [5.41, 5.74) is 0.787. The van der Waals surface area contributed by atoms with Crippen molar-refractivity contribution >= 4 is 13.3 Å². The van der Waals surface area contributed by atoms with Gasteiger partial charge in [-0.3, -0.25) is 4.57 Å². The maximum absolute atomic E-state index is 10.7. The largest absolute Gasteiger partial charge is 0.388 e. The summed E-state index contributed by atoms with van der Waals surface area (Å²) >= 11 is 0. The van der Waals surface area contributed by atoms with Crippen molar-refractivity contribution in [3.63, 3.8) is 0 Å². The molecule has 0 heterocycles. The van der Waals surface area contributed by atoms with Crippen LogP contribution < -0.4 is 5.30 Å². The molecule has 1 aromatic rings. The van der Waals surface area contributed by atoms with Gasteiger partial charge in [-0.05, 0) is 24.1 Å². The maximum Gasteiger partial charge on any atom is 0.218 e. The van der Waals surface area contributed by atoms with Gasteiger partial charge in [-0.25, -0.2) is 0 Å². The molecule has 0 saturated carbocycles. The van der Waals surface area contributed by atoms with E-state index in [0.29, 0.717) is 11.7 Å². The van der Waals surface area contributed by atoms with Crippen LogP contribution >= 0.6 is 8.03 Å². The highest BCUT2D eigenvalue weighted by molar-refractivity contribution is 7.47. The van der Waals surface area contributed by atoms with E-state index < -0.39 is 14.1 Å². The van der Waals surface area contributed by atoms with Crippen LogP contribution in [0.4, 0.5) is 0 Å². The molecule has 0 aliphatic rings. The van der Waals surface area contributed by atoms with Gasteiger partial charge in [0.15, 0.2) is 0 Å². The Morgan fingerprint density at radius 1 is 1.38 bits per heavy atom. The SMILES string of the molecule is CCC(O)c1ccc([PH](=O)O)cc1. The summed E-state index contributed by atoms with van der Waals surface area (Å²) in [6.07, 6.45) is 0.170. The third-order valence-electron chi connectivity index (χ3n) is 1.93. The van der Waals surface area contributed by atoms with Crippen molar-refractivity contribution in [2.75, 3.05) is 0 Å². The summed E-state index contributed by atoms with van der Waals surface area (Å²) in [4.78, 5) is 8.79. The van der Waals surface area contributed by atoms with E-state index in [1.807, 2.05) is 6.92 Å². The molecule has 0 aliphatic heterocycles. The van der Waals surface area contributed by atoms with Crippen LogP contribution in [-0.2, 0) is 4.57 Å². The molecule has 2 N–H and O–H groups in total. The lowest BCUT2D eigenvalue weighted by Crippen LogP contribution is -1.99. The molecule has 2 unspecified atom stereocenters. The number of hydrogen-bond donors (Lipinski definition) is 2.